The number of carbonyl (C=O) groups excluding carboxylic acids is 1. The van der Waals surface area contributed by atoms with E-state index in [0.29, 0.717) is 6.54 Å². The van der Waals surface area contributed by atoms with Crippen molar-refractivity contribution >= 4 is 33.0 Å². The number of rotatable bonds is 7. The van der Waals surface area contributed by atoms with E-state index < -0.39 is 45.1 Å². The molecule has 3 heterocycles. The molecule has 18 heteroatoms. The van der Waals surface area contributed by atoms with Gasteiger partial charge in [0, 0.05) is 68.5 Å². The van der Waals surface area contributed by atoms with Gasteiger partial charge in [-0.25, -0.2) is 18.4 Å². The molecule has 2 aliphatic heterocycles. The van der Waals surface area contributed by atoms with Gasteiger partial charge in [-0.1, -0.05) is 38.2 Å². The molecule has 0 saturated carbocycles. The smallest absolute Gasteiger partial charge is 0.369 e. The van der Waals surface area contributed by atoms with Crippen LogP contribution in [0.3, 0.4) is 0 Å². The molecule has 2 atom stereocenters. The van der Waals surface area contributed by atoms with Crippen LogP contribution >= 0.6 is 12.2 Å². The molecular weight excluding hydrogens is 626 g/mol. The van der Waals surface area contributed by atoms with Crippen molar-refractivity contribution in [3.05, 3.63) is 46.9 Å². The SMILES string of the molecule is CC(C)C1C(=O)NCCN1C[C@@]1(c2ncc(C(O)(C(F)(F)F)C(F)(F)F)cn2)CN(S(=O)(=O)C2=CC=CCC2=S)CCN1. The molecule has 0 bridgehead atoms. The van der Waals surface area contributed by atoms with Crippen molar-refractivity contribution in [2.75, 3.05) is 39.3 Å². The Bertz CT molecular complexity index is 1400. The Morgan fingerprint density at radius 1 is 1.12 bits per heavy atom. The molecule has 2 saturated heterocycles. The number of halogens is 6. The number of aromatic nitrogens is 2. The fourth-order valence-corrected chi connectivity index (χ4v) is 7.61. The van der Waals surface area contributed by atoms with Crippen molar-refractivity contribution in [2.24, 2.45) is 5.92 Å². The van der Waals surface area contributed by atoms with E-state index in [-0.39, 0.29) is 79.0 Å². The molecule has 1 unspecified atom stereocenters. The average molecular weight is 657 g/mol. The van der Waals surface area contributed by atoms with E-state index in [1.807, 2.05) is 0 Å². The van der Waals surface area contributed by atoms with Gasteiger partial charge < -0.3 is 15.7 Å². The summed E-state index contributed by atoms with van der Waals surface area (Å²) < 4.78 is 109. The molecule has 1 aromatic heterocycles. The monoisotopic (exact) mass is 656 g/mol. The van der Waals surface area contributed by atoms with Crippen LogP contribution in [0.25, 0.3) is 0 Å². The lowest BCUT2D eigenvalue weighted by atomic mass is 9.90. The quantitative estimate of drug-likeness (QED) is 0.298. The molecule has 0 aromatic carbocycles. The van der Waals surface area contributed by atoms with Crippen LogP contribution in [0, 0.1) is 5.92 Å². The van der Waals surface area contributed by atoms with Gasteiger partial charge in [0.2, 0.25) is 15.9 Å². The van der Waals surface area contributed by atoms with Crippen LogP contribution < -0.4 is 10.6 Å². The Morgan fingerprint density at radius 2 is 1.74 bits per heavy atom. The number of allylic oxidation sites excluding steroid dienone is 4. The minimum atomic E-state index is -6.14. The summed E-state index contributed by atoms with van der Waals surface area (Å²) in [5, 5.41) is 15.7. The number of alkyl halides is 6. The van der Waals surface area contributed by atoms with E-state index in [0.717, 1.165) is 4.31 Å². The maximum absolute atomic E-state index is 13.7. The molecule has 1 aliphatic carbocycles. The maximum Gasteiger partial charge on any atom is 0.430 e. The zero-order valence-corrected chi connectivity index (χ0v) is 24.7. The van der Waals surface area contributed by atoms with Crippen molar-refractivity contribution in [3.8, 4) is 0 Å². The summed E-state index contributed by atoms with van der Waals surface area (Å²) in [6.45, 7) is 3.60. The van der Waals surface area contributed by atoms with Crippen molar-refractivity contribution < 1.29 is 44.7 Å². The fraction of sp³-hybridized carbons (Fsp3) is 0.600. The van der Waals surface area contributed by atoms with Gasteiger partial charge in [-0.15, -0.1) is 0 Å². The van der Waals surface area contributed by atoms with Crippen LogP contribution in [-0.4, -0.2) is 101 Å². The van der Waals surface area contributed by atoms with Gasteiger partial charge in [0.25, 0.3) is 5.60 Å². The summed E-state index contributed by atoms with van der Waals surface area (Å²) in [6, 6.07) is -0.682. The van der Waals surface area contributed by atoms with Gasteiger partial charge >= 0.3 is 12.4 Å². The highest BCUT2D eigenvalue weighted by molar-refractivity contribution is 7.96. The molecule has 4 rings (SSSR count). The number of aliphatic hydroxyl groups is 1. The summed E-state index contributed by atoms with van der Waals surface area (Å²) in [6.07, 6.45) is -7.02. The van der Waals surface area contributed by atoms with Gasteiger partial charge in [0.05, 0.1) is 10.9 Å². The number of hydrogen-bond acceptors (Lipinski definition) is 9. The van der Waals surface area contributed by atoms with E-state index in [9.17, 15) is 44.7 Å². The second-order valence-electron chi connectivity index (χ2n) is 10.9. The van der Waals surface area contributed by atoms with Crippen LogP contribution in [0.15, 0.2) is 35.5 Å². The summed E-state index contributed by atoms with van der Waals surface area (Å²) in [5.41, 5.74) is -8.49. The molecule has 0 radical (unpaired) electrons. The molecule has 238 valence electrons. The van der Waals surface area contributed by atoms with E-state index in [2.05, 4.69) is 20.6 Å². The summed E-state index contributed by atoms with van der Waals surface area (Å²) in [5.74, 6) is -0.830. The Labute approximate surface area is 249 Å². The second-order valence-corrected chi connectivity index (χ2v) is 13.3. The number of amides is 1. The molecule has 3 aliphatic rings. The molecular formula is C25H30F6N6O4S2. The minimum Gasteiger partial charge on any atom is -0.369 e. The summed E-state index contributed by atoms with van der Waals surface area (Å²) in [7, 11) is -4.19. The first-order valence-electron chi connectivity index (χ1n) is 13.2. The molecule has 0 spiro atoms. The van der Waals surface area contributed by atoms with Crippen molar-refractivity contribution in [1.82, 2.24) is 29.8 Å². The normalized spacial score (nSPS) is 25.2. The Hall–Kier alpha value is -2.51. The Kier molecular flexibility index (Phi) is 9.14. The Balaban J connectivity index is 1.81. The fourth-order valence-electron chi connectivity index (χ4n) is 5.51. The first-order chi connectivity index (χ1) is 19.8. The van der Waals surface area contributed by atoms with E-state index >= 15 is 0 Å². The zero-order chi connectivity index (χ0) is 32.0. The molecule has 43 heavy (non-hydrogen) atoms. The van der Waals surface area contributed by atoms with Crippen LogP contribution in [0.2, 0.25) is 0 Å². The number of piperazine rings is 2. The van der Waals surface area contributed by atoms with Gasteiger partial charge in [0.15, 0.2) is 5.82 Å². The second kappa shape index (κ2) is 11.8. The van der Waals surface area contributed by atoms with E-state index in [1.165, 1.54) is 6.08 Å². The van der Waals surface area contributed by atoms with Gasteiger partial charge in [-0.2, -0.15) is 30.6 Å². The standard InChI is InChI=1S/C25H30F6N6O4S2/c1-15(2)19-20(38)32-7-9-36(19)13-22(14-37(10-8-35-22)43(40,41)18-6-4-3-5-17(18)42)21-33-11-16(12-34-21)23(39,24(26,27)28)25(29,30)31/h3-4,6,11-12,15,19,35,39H,5,7-10,13-14H2,1-2H3,(H,32,38)/t19?,22-/m0/s1. The van der Waals surface area contributed by atoms with Crippen LogP contribution in [0.4, 0.5) is 26.3 Å². The number of thiocarbonyl (C=S) groups is 1. The predicted octanol–water partition coefficient (Wildman–Crippen LogP) is 1.89. The van der Waals surface area contributed by atoms with E-state index in [4.69, 9.17) is 12.2 Å². The number of sulfonamides is 1. The lowest BCUT2D eigenvalue weighted by molar-refractivity contribution is -0.376. The lowest BCUT2D eigenvalue weighted by Crippen LogP contribution is -2.68. The number of hydrogen-bond donors (Lipinski definition) is 3. The Morgan fingerprint density at radius 3 is 2.30 bits per heavy atom. The zero-order valence-electron chi connectivity index (χ0n) is 23.0. The summed E-state index contributed by atoms with van der Waals surface area (Å²) in [4.78, 5) is 22.2. The molecule has 1 aromatic rings. The van der Waals surface area contributed by atoms with Crippen molar-refractivity contribution in [1.29, 1.82) is 0 Å². The first-order valence-corrected chi connectivity index (χ1v) is 15.1. The number of carbonyl (C=O) groups is 1. The van der Waals surface area contributed by atoms with Gasteiger partial charge in [-0.05, 0) is 12.0 Å². The first kappa shape index (κ1) is 33.4. The third-order valence-electron chi connectivity index (χ3n) is 7.63. The molecule has 1 amide bonds. The maximum atomic E-state index is 13.7. The van der Waals surface area contributed by atoms with E-state index in [1.54, 1.807) is 30.9 Å². The molecule has 2 fully saturated rings. The third-order valence-corrected chi connectivity index (χ3v) is 10.1. The van der Waals surface area contributed by atoms with Gasteiger partial charge in [0.1, 0.15) is 5.54 Å². The number of nitrogens with zero attached hydrogens (tertiary/aromatic N) is 4. The van der Waals surface area contributed by atoms with Crippen LogP contribution in [-0.2, 0) is 26.0 Å². The number of nitrogens with one attached hydrogen (secondary N) is 2. The largest absolute Gasteiger partial charge is 0.430 e. The predicted molar refractivity (Wildman–Crippen MR) is 146 cm³/mol. The highest BCUT2D eigenvalue weighted by Gasteiger charge is 2.72. The average Bonchev–Trinajstić information content (AvgIpc) is 2.91. The summed E-state index contributed by atoms with van der Waals surface area (Å²) >= 11 is 5.27. The van der Waals surface area contributed by atoms with Gasteiger partial charge in [-0.3, -0.25) is 9.69 Å². The minimum absolute atomic E-state index is 0.00163. The van der Waals surface area contributed by atoms with Crippen molar-refractivity contribution in [2.45, 2.75) is 49.8 Å². The highest BCUT2D eigenvalue weighted by atomic mass is 32.2. The highest BCUT2D eigenvalue weighted by Crippen LogP contribution is 2.49. The third kappa shape index (κ3) is 6.09. The van der Waals surface area contributed by atoms with Crippen molar-refractivity contribution in [3.63, 3.8) is 0 Å². The van der Waals surface area contributed by atoms with Crippen LogP contribution in [0.5, 0.6) is 0 Å². The lowest BCUT2D eigenvalue weighted by Gasteiger charge is -2.47. The molecule has 10 nitrogen and oxygen atoms in total. The molecule has 3 N–H and O–H groups in total. The topological polar surface area (TPSA) is 128 Å². The van der Waals surface area contributed by atoms with Crippen LogP contribution in [0.1, 0.15) is 31.7 Å².